The molecule has 0 aromatic heterocycles. The van der Waals surface area contributed by atoms with E-state index in [9.17, 15) is 13.2 Å². The minimum atomic E-state index is -3.18. The molecule has 1 fully saturated rings. The second-order valence-electron chi connectivity index (χ2n) is 5.16. The van der Waals surface area contributed by atoms with E-state index in [2.05, 4.69) is 12.2 Å². The van der Waals surface area contributed by atoms with Crippen molar-refractivity contribution in [3.05, 3.63) is 0 Å². The van der Waals surface area contributed by atoms with Crippen molar-refractivity contribution < 1.29 is 13.2 Å². The van der Waals surface area contributed by atoms with E-state index in [4.69, 9.17) is 0 Å². The molecule has 0 aliphatic carbocycles. The summed E-state index contributed by atoms with van der Waals surface area (Å²) in [5.41, 5.74) is 0. The largest absolute Gasteiger partial charge is 0.353 e. The Hall–Kier alpha value is -0.620. The predicted octanol–water partition coefficient (Wildman–Crippen LogP) is 0.963. The fourth-order valence-electron chi connectivity index (χ4n) is 2.32. The molecule has 1 saturated heterocycles. The van der Waals surface area contributed by atoms with Crippen LogP contribution in [0.15, 0.2) is 0 Å². The molecule has 2 atom stereocenters. The zero-order valence-electron chi connectivity index (χ0n) is 11.5. The maximum atomic E-state index is 12.0. The lowest BCUT2D eigenvalue weighted by molar-refractivity contribution is -0.126. The van der Waals surface area contributed by atoms with Gasteiger partial charge < -0.3 is 5.32 Å². The van der Waals surface area contributed by atoms with E-state index in [0.29, 0.717) is 13.1 Å². The van der Waals surface area contributed by atoms with Gasteiger partial charge in [0.25, 0.3) is 0 Å². The fraction of sp³-hybridized carbons (Fsp3) is 0.917. The summed E-state index contributed by atoms with van der Waals surface area (Å²) in [5, 5.41) is 2.96. The zero-order valence-corrected chi connectivity index (χ0v) is 12.3. The predicted molar refractivity (Wildman–Crippen MR) is 71.7 cm³/mol. The molecular formula is C12H24N2O3S. The average Bonchev–Trinajstić information content (AvgIpc) is 2.28. The van der Waals surface area contributed by atoms with Crippen LogP contribution in [0.5, 0.6) is 0 Å². The first-order valence-electron chi connectivity index (χ1n) is 6.60. The topological polar surface area (TPSA) is 66.5 Å². The Morgan fingerprint density at radius 2 is 2.17 bits per heavy atom. The van der Waals surface area contributed by atoms with E-state index in [1.807, 2.05) is 6.92 Å². The van der Waals surface area contributed by atoms with Crippen LogP contribution in [-0.4, -0.2) is 44.0 Å². The Balaban J connectivity index is 2.53. The summed E-state index contributed by atoms with van der Waals surface area (Å²) in [5.74, 6) is -0.211. The molecule has 1 rings (SSSR count). The molecule has 0 bridgehead atoms. The van der Waals surface area contributed by atoms with Crippen molar-refractivity contribution in [3.63, 3.8) is 0 Å². The summed E-state index contributed by atoms with van der Waals surface area (Å²) in [6, 6.07) is 0.163. The Morgan fingerprint density at radius 3 is 2.72 bits per heavy atom. The lowest BCUT2D eigenvalue weighted by atomic mass is 9.98. The van der Waals surface area contributed by atoms with E-state index in [-0.39, 0.29) is 17.9 Å². The summed E-state index contributed by atoms with van der Waals surface area (Å²) in [6.45, 7) is 4.92. The standard InChI is InChI=1S/C12H24N2O3S/c1-4-6-10(2)13-12(15)11-7-5-8-14(9-11)18(3,16)17/h10-11H,4-9H2,1-3H3,(H,13,15)/t10-,11-/m0/s1. The summed E-state index contributed by atoms with van der Waals surface area (Å²) in [7, 11) is -3.18. The number of amides is 1. The van der Waals surface area contributed by atoms with Crippen LogP contribution >= 0.6 is 0 Å². The molecule has 1 aliphatic rings. The van der Waals surface area contributed by atoms with Crippen molar-refractivity contribution in [1.29, 1.82) is 0 Å². The van der Waals surface area contributed by atoms with Gasteiger partial charge in [-0.1, -0.05) is 13.3 Å². The maximum Gasteiger partial charge on any atom is 0.224 e. The third-order valence-corrected chi connectivity index (χ3v) is 4.60. The highest BCUT2D eigenvalue weighted by Crippen LogP contribution is 2.19. The first kappa shape index (κ1) is 15.4. The number of hydrogen-bond donors (Lipinski definition) is 1. The van der Waals surface area contributed by atoms with Crippen LogP contribution in [0, 0.1) is 5.92 Å². The number of sulfonamides is 1. The van der Waals surface area contributed by atoms with Gasteiger partial charge >= 0.3 is 0 Å². The van der Waals surface area contributed by atoms with E-state index in [0.717, 1.165) is 25.7 Å². The van der Waals surface area contributed by atoms with Gasteiger partial charge in [0, 0.05) is 19.1 Å². The Bertz CT molecular complexity index is 381. The van der Waals surface area contributed by atoms with Crippen molar-refractivity contribution in [2.24, 2.45) is 5.92 Å². The number of hydrogen-bond acceptors (Lipinski definition) is 3. The van der Waals surface area contributed by atoms with E-state index < -0.39 is 10.0 Å². The number of piperidine rings is 1. The maximum absolute atomic E-state index is 12.0. The molecule has 1 amide bonds. The van der Waals surface area contributed by atoms with Crippen molar-refractivity contribution in [2.45, 2.75) is 45.6 Å². The number of nitrogens with one attached hydrogen (secondary N) is 1. The monoisotopic (exact) mass is 276 g/mol. The van der Waals surface area contributed by atoms with Gasteiger partial charge in [-0.2, -0.15) is 0 Å². The van der Waals surface area contributed by atoms with Crippen LogP contribution in [-0.2, 0) is 14.8 Å². The van der Waals surface area contributed by atoms with Gasteiger partial charge in [0.15, 0.2) is 0 Å². The molecule has 6 heteroatoms. The number of carbonyl (C=O) groups excluding carboxylic acids is 1. The normalized spacial score (nSPS) is 23.6. The molecule has 0 spiro atoms. The fourth-order valence-corrected chi connectivity index (χ4v) is 3.24. The van der Waals surface area contributed by atoms with Gasteiger partial charge in [-0.15, -0.1) is 0 Å². The van der Waals surface area contributed by atoms with E-state index in [1.165, 1.54) is 10.6 Å². The molecule has 0 aromatic rings. The summed E-state index contributed by atoms with van der Waals surface area (Å²) >= 11 is 0. The third kappa shape index (κ3) is 4.57. The van der Waals surface area contributed by atoms with Crippen LogP contribution in [0.25, 0.3) is 0 Å². The Kier molecular flexibility index (Phi) is 5.59. The summed E-state index contributed by atoms with van der Waals surface area (Å²) in [6.07, 6.45) is 4.72. The molecule has 5 nitrogen and oxygen atoms in total. The second kappa shape index (κ2) is 6.52. The minimum Gasteiger partial charge on any atom is -0.353 e. The van der Waals surface area contributed by atoms with E-state index >= 15 is 0 Å². The number of carbonyl (C=O) groups is 1. The highest BCUT2D eigenvalue weighted by molar-refractivity contribution is 7.88. The first-order valence-corrected chi connectivity index (χ1v) is 8.45. The van der Waals surface area contributed by atoms with Gasteiger partial charge in [0.1, 0.15) is 0 Å². The Morgan fingerprint density at radius 1 is 1.50 bits per heavy atom. The highest BCUT2D eigenvalue weighted by Gasteiger charge is 2.30. The lowest BCUT2D eigenvalue weighted by Gasteiger charge is -2.30. The van der Waals surface area contributed by atoms with Crippen LogP contribution < -0.4 is 5.32 Å². The molecule has 0 aromatic carbocycles. The van der Waals surface area contributed by atoms with Crippen molar-refractivity contribution in [2.75, 3.05) is 19.3 Å². The van der Waals surface area contributed by atoms with Crippen LogP contribution in [0.2, 0.25) is 0 Å². The molecule has 1 N–H and O–H groups in total. The lowest BCUT2D eigenvalue weighted by Crippen LogP contribution is -2.46. The third-order valence-electron chi connectivity index (χ3n) is 3.33. The SMILES string of the molecule is CCC[C@H](C)NC(=O)[C@H]1CCCN(S(C)(=O)=O)C1. The van der Waals surface area contributed by atoms with Gasteiger partial charge in [-0.25, -0.2) is 12.7 Å². The van der Waals surface area contributed by atoms with Gasteiger partial charge in [-0.05, 0) is 26.2 Å². The average molecular weight is 276 g/mol. The minimum absolute atomic E-state index is 0.00991. The quantitative estimate of drug-likeness (QED) is 0.813. The summed E-state index contributed by atoms with van der Waals surface area (Å²) < 4.78 is 24.4. The zero-order chi connectivity index (χ0) is 13.8. The molecule has 0 radical (unpaired) electrons. The number of nitrogens with zero attached hydrogens (tertiary/aromatic N) is 1. The van der Waals surface area contributed by atoms with Crippen LogP contribution in [0.1, 0.15) is 39.5 Å². The van der Waals surface area contributed by atoms with Crippen molar-refractivity contribution in [1.82, 2.24) is 9.62 Å². The molecule has 106 valence electrons. The first-order chi connectivity index (χ1) is 8.34. The van der Waals surface area contributed by atoms with E-state index in [1.54, 1.807) is 0 Å². The second-order valence-corrected chi connectivity index (χ2v) is 7.14. The van der Waals surface area contributed by atoms with Gasteiger partial charge in [0.2, 0.25) is 15.9 Å². The van der Waals surface area contributed by atoms with Crippen molar-refractivity contribution in [3.8, 4) is 0 Å². The van der Waals surface area contributed by atoms with Gasteiger partial charge in [0.05, 0.1) is 12.2 Å². The molecule has 1 aliphatic heterocycles. The molecule has 0 saturated carbocycles. The molecule has 0 unspecified atom stereocenters. The van der Waals surface area contributed by atoms with Gasteiger partial charge in [-0.3, -0.25) is 4.79 Å². The Labute approximate surface area is 110 Å². The molecular weight excluding hydrogens is 252 g/mol. The molecule has 18 heavy (non-hydrogen) atoms. The smallest absolute Gasteiger partial charge is 0.224 e. The highest BCUT2D eigenvalue weighted by atomic mass is 32.2. The summed E-state index contributed by atoms with van der Waals surface area (Å²) in [4.78, 5) is 12.0. The van der Waals surface area contributed by atoms with Crippen LogP contribution in [0.4, 0.5) is 0 Å². The molecule has 1 heterocycles. The number of rotatable bonds is 5. The van der Waals surface area contributed by atoms with Crippen LogP contribution in [0.3, 0.4) is 0 Å². The van der Waals surface area contributed by atoms with Crippen molar-refractivity contribution >= 4 is 15.9 Å².